The average Bonchev–Trinajstić information content (AvgIpc) is 2.26. The number of aliphatic carboxylic acids is 1. The molecule has 1 aromatic rings. The van der Waals surface area contributed by atoms with Gasteiger partial charge in [0.25, 0.3) is 0 Å². The summed E-state index contributed by atoms with van der Waals surface area (Å²) in [6.45, 7) is 0. The van der Waals surface area contributed by atoms with Crippen LogP contribution < -0.4 is 5.73 Å². The Kier molecular flexibility index (Phi) is 3.74. The van der Waals surface area contributed by atoms with Gasteiger partial charge in [-0.15, -0.1) is 0 Å². The van der Waals surface area contributed by atoms with Crippen LogP contribution >= 0.6 is 0 Å². The van der Waals surface area contributed by atoms with Gasteiger partial charge in [0.1, 0.15) is 12.1 Å². The highest BCUT2D eigenvalue weighted by atomic mass is 19.4. The van der Waals surface area contributed by atoms with E-state index in [-0.39, 0.29) is 5.56 Å². The normalized spacial score (nSPS) is 15.4. The Morgan fingerprint density at radius 3 is 2.41 bits per heavy atom. The van der Waals surface area contributed by atoms with Crippen LogP contribution in [0.3, 0.4) is 0 Å². The number of hydrogen-bond donors (Lipinski definition) is 3. The Hall–Kier alpha value is -1.60. The van der Waals surface area contributed by atoms with Gasteiger partial charge in [0, 0.05) is 0 Å². The average molecular weight is 249 g/mol. The van der Waals surface area contributed by atoms with Crippen molar-refractivity contribution in [2.75, 3.05) is 0 Å². The van der Waals surface area contributed by atoms with Gasteiger partial charge < -0.3 is 15.9 Å². The molecule has 0 radical (unpaired) electrons. The van der Waals surface area contributed by atoms with Crippen molar-refractivity contribution in [2.24, 2.45) is 5.73 Å². The monoisotopic (exact) mass is 249 g/mol. The van der Waals surface area contributed by atoms with Crippen LogP contribution in [0.4, 0.5) is 13.2 Å². The van der Waals surface area contributed by atoms with Crippen LogP contribution in [0.5, 0.6) is 0 Å². The number of hydrogen-bond acceptors (Lipinski definition) is 3. The largest absolute Gasteiger partial charge is 0.480 e. The van der Waals surface area contributed by atoms with E-state index in [4.69, 9.17) is 10.8 Å². The van der Waals surface area contributed by atoms with Gasteiger partial charge >= 0.3 is 12.1 Å². The number of carboxylic acids is 1. The van der Waals surface area contributed by atoms with Crippen molar-refractivity contribution >= 4 is 5.97 Å². The van der Waals surface area contributed by atoms with Gasteiger partial charge in [-0.3, -0.25) is 4.79 Å². The van der Waals surface area contributed by atoms with Gasteiger partial charge in [-0.25, -0.2) is 0 Å². The van der Waals surface area contributed by atoms with Crippen molar-refractivity contribution < 1.29 is 28.2 Å². The van der Waals surface area contributed by atoms with E-state index in [0.717, 1.165) is 12.1 Å². The van der Waals surface area contributed by atoms with Crippen molar-refractivity contribution in [3.05, 3.63) is 35.4 Å². The van der Waals surface area contributed by atoms with Crippen LogP contribution in [0.1, 0.15) is 17.2 Å². The molecule has 0 spiro atoms. The summed E-state index contributed by atoms with van der Waals surface area (Å²) in [6, 6.07) is 2.09. The summed E-state index contributed by atoms with van der Waals surface area (Å²) >= 11 is 0. The predicted octanol–water partition coefficient (Wildman–Crippen LogP) is 1.15. The lowest BCUT2D eigenvalue weighted by atomic mass is 10.0. The van der Waals surface area contributed by atoms with E-state index in [0.29, 0.717) is 6.07 Å². The first kappa shape index (κ1) is 13.5. The minimum atomic E-state index is -4.55. The molecule has 0 bridgehead atoms. The molecule has 1 aromatic carbocycles. The van der Waals surface area contributed by atoms with Crippen molar-refractivity contribution in [1.82, 2.24) is 0 Å². The lowest BCUT2D eigenvalue weighted by molar-refractivity contribution is -0.141. The molecule has 0 heterocycles. The first-order valence-corrected chi connectivity index (χ1v) is 4.57. The lowest BCUT2D eigenvalue weighted by Crippen LogP contribution is -2.36. The number of rotatable bonds is 3. The molecule has 0 saturated carbocycles. The van der Waals surface area contributed by atoms with E-state index in [9.17, 15) is 23.1 Å². The molecule has 0 amide bonds. The van der Waals surface area contributed by atoms with E-state index in [1.807, 2.05) is 0 Å². The molecule has 4 N–H and O–H groups in total. The highest BCUT2D eigenvalue weighted by molar-refractivity contribution is 5.74. The molecule has 1 rings (SSSR count). The summed E-state index contributed by atoms with van der Waals surface area (Å²) in [5.41, 5.74) is 3.97. The Bertz CT molecular complexity index is 420. The van der Waals surface area contributed by atoms with E-state index >= 15 is 0 Å². The molecule has 4 nitrogen and oxygen atoms in total. The van der Waals surface area contributed by atoms with Crippen LogP contribution in [0.2, 0.25) is 0 Å². The number of halogens is 3. The summed E-state index contributed by atoms with van der Waals surface area (Å²) in [4.78, 5) is 10.5. The molecule has 2 atom stereocenters. The van der Waals surface area contributed by atoms with E-state index < -0.39 is 29.9 Å². The number of carboxylic acid groups (broad SMARTS) is 1. The molecule has 0 aromatic heterocycles. The summed E-state index contributed by atoms with van der Waals surface area (Å²) < 4.78 is 37.1. The fourth-order valence-corrected chi connectivity index (χ4v) is 1.24. The van der Waals surface area contributed by atoms with Crippen LogP contribution in [0.25, 0.3) is 0 Å². The fourth-order valence-electron chi connectivity index (χ4n) is 1.24. The number of nitrogens with two attached hydrogens (primary N) is 1. The Morgan fingerprint density at radius 2 is 1.94 bits per heavy atom. The van der Waals surface area contributed by atoms with Crippen LogP contribution in [0, 0.1) is 0 Å². The topological polar surface area (TPSA) is 83.6 Å². The van der Waals surface area contributed by atoms with Crippen LogP contribution in [-0.2, 0) is 11.0 Å². The molecule has 0 saturated heterocycles. The first-order valence-electron chi connectivity index (χ1n) is 4.57. The molecule has 17 heavy (non-hydrogen) atoms. The molecular weight excluding hydrogens is 239 g/mol. The number of alkyl halides is 3. The third kappa shape index (κ3) is 3.18. The van der Waals surface area contributed by atoms with Gasteiger partial charge in [-0.05, 0) is 17.7 Å². The zero-order valence-electron chi connectivity index (χ0n) is 8.48. The van der Waals surface area contributed by atoms with Crippen molar-refractivity contribution in [1.29, 1.82) is 0 Å². The smallest absolute Gasteiger partial charge is 0.416 e. The minimum absolute atomic E-state index is 0.185. The molecule has 0 aliphatic heterocycles. The lowest BCUT2D eigenvalue weighted by Gasteiger charge is -2.16. The second kappa shape index (κ2) is 4.72. The van der Waals surface area contributed by atoms with Gasteiger partial charge in [0.2, 0.25) is 0 Å². The van der Waals surface area contributed by atoms with E-state index in [2.05, 4.69) is 0 Å². The maximum atomic E-state index is 12.4. The fraction of sp³-hybridized carbons (Fsp3) is 0.300. The summed E-state index contributed by atoms with van der Waals surface area (Å²) in [5.74, 6) is -1.49. The molecule has 0 aliphatic carbocycles. The van der Waals surface area contributed by atoms with E-state index in [1.165, 1.54) is 6.07 Å². The third-order valence-corrected chi connectivity index (χ3v) is 2.18. The van der Waals surface area contributed by atoms with Gasteiger partial charge in [-0.2, -0.15) is 13.2 Å². The number of aliphatic hydroxyl groups excluding tert-OH is 1. The number of carbonyl (C=O) groups is 1. The second-order valence-electron chi connectivity index (χ2n) is 3.43. The summed E-state index contributed by atoms with van der Waals surface area (Å²) in [5, 5.41) is 18.0. The molecule has 2 unspecified atom stereocenters. The zero-order valence-corrected chi connectivity index (χ0v) is 8.48. The number of benzene rings is 1. The van der Waals surface area contributed by atoms with Crippen LogP contribution in [-0.4, -0.2) is 22.2 Å². The first-order chi connectivity index (χ1) is 7.73. The second-order valence-corrected chi connectivity index (χ2v) is 3.43. The maximum absolute atomic E-state index is 12.4. The standard InChI is InChI=1S/C10H10F3NO3/c11-10(12,13)6-3-1-2-5(4-6)8(15)7(14)9(16)17/h1-4,7-8,15H,14H2,(H,16,17). The summed E-state index contributed by atoms with van der Waals surface area (Å²) in [7, 11) is 0. The van der Waals surface area contributed by atoms with Gasteiger partial charge in [-0.1, -0.05) is 12.1 Å². The number of aliphatic hydroxyl groups is 1. The Morgan fingerprint density at radius 1 is 1.35 bits per heavy atom. The summed E-state index contributed by atoms with van der Waals surface area (Å²) in [6.07, 6.45) is -6.24. The zero-order chi connectivity index (χ0) is 13.2. The maximum Gasteiger partial charge on any atom is 0.416 e. The third-order valence-electron chi connectivity index (χ3n) is 2.18. The highest BCUT2D eigenvalue weighted by Gasteiger charge is 2.32. The quantitative estimate of drug-likeness (QED) is 0.750. The van der Waals surface area contributed by atoms with Gasteiger partial charge in [0.05, 0.1) is 5.56 Å². The SMILES string of the molecule is NC(C(=O)O)C(O)c1cccc(C(F)(F)F)c1. The molecular formula is C10H10F3NO3. The van der Waals surface area contributed by atoms with Crippen molar-refractivity contribution in [3.8, 4) is 0 Å². The highest BCUT2D eigenvalue weighted by Crippen LogP contribution is 2.31. The van der Waals surface area contributed by atoms with Crippen molar-refractivity contribution in [2.45, 2.75) is 18.3 Å². The molecule has 0 fully saturated rings. The van der Waals surface area contributed by atoms with Crippen LogP contribution in [0.15, 0.2) is 24.3 Å². The minimum Gasteiger partial charge on any atom is -0.480 e. The predicted molar refractivity (Wildman–Crippen MR) is 52.0 cm³/mol. The molecule has 94 valence electrons. The Labute approximate surface area is 94.5 Å². The molecule has 0 aliphatic rings. The molecule has 7 heteroatoms. The van der Waals surface area contributed by atoms with E-state index in [1.54, 1.807) is 0 Å². The Balaban J connectivity index is 3.04. The van der Waals surface area contributed by atoms with Crippen molar-refractivity contribution in [3.63, 3.8) is 0 Å². The van der Waals surface area contributed by atoms with Gasteiger partial charge in [0.15, 0.2) is 0 Å².